The van der Waals surface area contributed by atoms with Gasteiger partial charge in [-0.3, -0.25) is 9.59 Å². The van der Waals surface area contributed by atoms with Gasteiger partial charge in [-0.1, -0.05) is 37.2 Å². The fourth-order valence-corrected chi connectivity index (χ4v) is 4.57. The molecule has 1 unspecified atom stereocenters. The summed E-state index contributed by atoms with van der Waals surface area (Å²) in [4.78, 5) is 33.3. The molecule has 0 spiro atoms. The highest BCUT2D eigenvalue weighted by molar-refractivity contribution is 6.34. The number of primary amides is 1. The van der Waals surface area contributed by atoms with Crippen LogP contribution in [0.3, 0.4) is 0 Å². The molecule has 2 amide bonds. The maximum Gasteiger partial charge on any atom is 0.252 e. The van der Waals surface area contributed by atoms with Crippen molar-refractivity contribution in [2.45, 2.75) is 13.3 Å². The molecule has 0 aromatic heterocycles. The summed E-state index contributed by atoms with van der Waals surface area (Å²) in [6, 6.07) is 12.6. The molecule has 4 rings (SSSR count). The lowest BCUT2D eigenvalue weighted by Crippen LogP contribution is -2.44. The molecular formula is C29H33ClN6O3. The lowest BCUT2D eigenvalue weighted by Gasteiger charge is -2.34. The molecule has 1 atom stereocenters. The van der Waals surface area contributed by atoms with Gasteiger partial charge in [0.1, 0.15) is 11.6 Å². The van der Waals surface area contributed by atoms with Crippen LogP contribution in [-0.4, -0.2) is 55.8 Å². The Morgan fingerprint density at radius 2 is 1.92 bits per heavy atom. The SMILES string of the molecule is C=CC(=O)Nc1cccc(OC2=C/C(C)C/C=C(C(N)=O)/C(Nc3ccc(N4CCN(C)CC4)c(Cl)c3)=N\2)c1. The zero-order valence-electron chi connectivity index (χ0n) is 22.1. The monoisotopic (exact) mass is 548 g/mol. The molecule has 0 bridgehead atoms. The fraction of sp³-hybridized carbons (Fsp3) is 0.276. The molecule has 0 radical (unpaired) electrons. The summed E-state index contributed by atoms with van der Waals surface area (Å²) in [5.41, 5.74) is 8.16. The number of amidine groups is 1. The molecule has 2 aromatic rings. The van der Waals surface area contributed by atoms with Crippen LogP contribution < -0.4 is 26.0 Å². The van der Waals surface area contributed by atoms with Crippen LogP contribution >= 0.6 is 11.6 Å². The van der Waals surface area contributed by atoms with E-state index in [0.29, 0.717) is 28.6 Å². The second kappa shape index (κ2) is 12.6. The van der Waals surface area contributed by atoms with E-state index in [9.17, 15) is 9.59 Å². The Hall–Kier alpha value is -4.08. The standard InChI is InChI=1S/C29H33ClN6O3/c1-4-26(37)32-20-6-5-7-22(17-20)39-27-16-19(2)8-10-23(28(31)38)29(34-27)33-21-9-11-25(24(30)18-21)36-14-12-35(3)13-15-36/h4-7,9-11,16-19H,1,8,12-15H2,2-3H3,(H2,31,38)(H,32,37)(H,33,34)/b23-10+,27-16+. The molecule has 2 aromatic carbocycles. The second-order valence-corrected chi connectivity index (χ2v) is 9.97. The Kier molecular flexibility index (Phi) is 9.06. The predicted octanol–water partition coefficient (Wildman–Crippen LogP) is 4.40. The lowest BCUT2D eigenvalue weighted by molar-refractivity contribution is -0.114. The van der Waals surface area contributed by atoms with Crippen LogP contribution in [0.25, 0.3) is 0 Å². The van der Waals surface area contributed by atoms with Crippen molar-refractivity contribution in [1.29, 1.82) is 0 Å². The van der Waals surface area contributed by atoms with Gasteiger partial charge in [-0.25, -0.2) is 0 Å². The van der Waals surface area contributed by atoms with E-state index in [0.717, 1.165) is 31.9 Å². The van der Waals surface area contributed by atoms with E-state index in [4.69, 9.17) is 22.1 Å². The van der Waals surface area contributed by atoms with Gasteiger partial charge in [0.25, 0.3) is 5.91 Å². The minimum Gasteiger partial charge on any atom is -0.439 e. The first-order chi connectivity index (χ1) is 18.7. The molecule has 1 fully saturated rings. The number of hydrogen-bond donors (Lipinski definition) is 3. The zero-order chi connectivity index (χ0) is 27.9. The molecule has 2 aliphatic rings. The smallest absolute Gasteiger partial charge is 0.252 e. The Balaban J connectivity index is 1.61. The number of rotatable bonds is 7. The Morgan fingerprint density at radius 1 is 1.15 bits per heavy atom. The maximum atomic E-state index is 12.4. The van der Waals surface area contributed by atoms with Gasteiger partial charge in [0, 0.05) is 43.6 Å². The molecule has 204 valence electrons. The molecular weight excluding hydrogens is 516 g/mol. The highest BCUT2D eigenvalue weighted by Gasteiger charge is 2.20. The van der Waals surface area contributed by atoms with E-state index in [-0.39, 0.29) is 29.1 Å². The molecule has 1 saturated heterocycles. The first kappa shape index (κ1) is 27.9. The molecule has 4 N–H and O–H groups in total. The van der Waals surface area contributed by atoms with E-state index >= 15 is 0 Å². The van der Waals surface area contributed by atoms with Crippen LogP contribution in [0.15, 0.2) is 83.7 Å². The van der Waals surface area contributed by atoms with Crippen molar-refractivity contribution in [3.63, 3.8) is 0 Å². The number of benzene rings is 2. The van der Waals surface area contributed by atoms with Gasteiger partial charge in [-0.2, -0.15) is 4.99 Å². The number of nitrogens with two attached hydrogens (primary N) is 1. The first-order valence-corrected chi connectivity index (χ1v) is 13.1. The molecule has 0 saturated carbocycles. The number of halogens is 1. The summed E-state index contributed by atoms with van der Waals surface area (Å²) in [7, 11) is 2.11. The van der Waals surface area contributed by atoms with E-state index in [2.05, 4.69) is 39.1 Å². The number of ether oxygens (including phenoxy) is 1. The molecule has 10 heteroatoms. The van der Waals surface area contributed by atoms with Gasteiger partial charge in [-0.05, 0) is 61.9 Å². The van der Waals surface area contributed by atoms with Crippen LogP contribution in [0, 0.1) is 5.92 Å². The number of hydrogen-bond acceptors (Lipinski definition) is 7. The maximum absolute atomic E-state index is 12.4. The third-order valence-corrected chi connectivity index (χ3v) is 6.73. The average Bonchev–Trinajstić information content (AvgIpc) is 2.88. The van der Waals surface area contributed by atoms with Crippen LogP contribution in [0.1, 0.15) is 13.3 Å². The van der Waals surface area contributed by atoms with Crippen molar-refractivity contribution in [1.82, 2.24) is 4.90 Å². The van der Waals surface area contributed by atoms with Crippen molar-refractivity contribution in [2.24, 2.45) is 16.6 Å². The number of piperazine rings is 1. The Labute approximate surface area is 233 Å². The normalized spacial score (nSPS) is 22.1. The van der Waals surface area contributed by atoms with Crippen LogP contribution in [0.5, 0.6) is 5.75 Å². The number of anilines is 3. The topological polar surface area (TPSA) is 112 Å². The largest absolute Gasteiger partial charge is 0.439 e. The van der Waals surface area contributed by atoms with Gasteiger partial charge in [0.2, 0.25) is 11.8 Å². The van der Waals surface area contributed by atoms with E-state index in [1.54, 1.807) is 30.3 Å². The van der Waals surface area contributed by atoms with Crippen molar-refractivity contribution in [2.75, 3.05) is 48.8 Å². The highest BCUT2D eigenvalue weighted by Crippen LogP contribution is 2.30. The number of likely N-dealkylation sites (N-methyl/N-ethyl adjacent to an activating group) is 1. The number of nitrogens with one attached hydrogen (secondary N) is 2. The van der Waals surface area contributed by atoms with Crippen LogP contribution in [-0.2, 0) is 9.59 Å². The Morgan fingerprint density at radius 3 is 2.62 bits per heavy atom. The first-order valence-electron chi connectivity index (χ1n) is 12.7. The van der Waals surface area contributed by atoms with Crippen LogP contribution in [0.2, 0.25) is 5.02 Å². The molecule has 9 nitrogen and oxygen atoms in total. The predicted molar refractivity (Wildman–Crippen MR) is 157 cm³/mol. The van der Waals surface area contributed by atoms with Crippen molar-refractivity contribution in [3.05, 3.63) is 83.8 Å². The summed E-state index contributed by atoms with van der Waals surface area (Å²) < 4.78 is 6.08. The minimum absolute atomic E-state index is 0.0283. The van der Waals surface area contributed by atoms with E-state index in [1.807, 2.05) is 31.2 Å². The molecule has 0 aliphatic carbocycles. The number of allylic oxidation sites excluding steroid dienone is 2. The molecule has 2 aliphatic heterocycles. The molecule has 2 heterocycles. The number of amides is 2. The van der Waals surface area contributed by atoms with E-state index < -0.39 is 5.91 Å². The number of aliphatic imine (C=N–C) groups is 1. The average molecular weight is 549 g/mol. The number of carbonyl (C=O) groups is 2. The quantitative estimate of drug-likeness (QED) is 0.442. The highest BCUT2D eigenvalue weighted by atomic mass is 35.5. The number of nitrogens with zero attached hydrogens (tertiary/aromatic N) is 3. The van der Waals surface area contributed by atoms with Crippen molar-refractivity contribution < 1.29 is 14.3 Å². The van der Waals surface area contributed by atoms with E-state index in [1.165, 1.54) is 6.08 Å². The third-order valence-electron chi connectivity index (χ3n) is 6.43. The van der Waals surface area contributed by atoms with Crippen LogP contribution in [0.4, 0.5) is 17.1 Å². The van der Waals surface area contributed by atoms with Gasteiger partial charge in [0.05, 0.1) is 16.3 Å². The third kappa shape index (κ3) is 7.49. The zero-order valence-corrected chi connectivity index (χ0v) is 22.9. The summed E-state index contributed by atoms with van der Waals surface area (Å²) in [5, 5.41) is 6.52. The fourth-order valence-electron chi connectivity index (χ4n) is 4.27. The molecule has 39 heavy (non-hydrogen) atoms. The van der Waals surface area contributed by atoms with Crippen molar-refractivity contribution >= 4 is 46.3 Å². The van der Waals surface area contributed by atoms with Gasteiger partial charge < -0.3 is 30.9 Å². The summed E-state index contributed by atoms with van der Waals surface area (Å²) >= 11 is 6.68. The summed E-state index contributed by atoms with van der Waals surface area (Å²) in [6.45, 7) is 9.19. The van der Waals surface area contributed by atoms with Gasteiger partial charge >= 0.3 is 0 Å². The minimum atomic E-state index is -0.607. The lowest BCUT2D eigenvalue weighted by atomic mass is 10.0. The van der Waals surface area contributed by atoms with Gasteiger partial charge in [0.15, 0.2) is 0 Å². The number of carbonyl (C=O) groups excluding carboxylic acids is 2. The Bertz CT molecular complexity index is 1340. The van der Waals surface area contributed by atoms with Gasteiger partial charge in [-0.15, -0.1) is 0 Å². The summed E-state index contributed by atoms with van der Waals surface area (Å²) in [5.74, 6) is 0.0844. The summed E-state index contributed by atoms with van der Waals surface area (Å²) in [6.07, 6.45) is 5.40. The van der Waals surface area contributed by atoms with Crippen molar-refractivity contribution in [3.8, 4) is 5.75 Å². The second-order valence-electron chi connectivity index (χ2n) is 9.57.